The minimum atomic E-state index is 0.205. The highest BCUT2D eigenvalue weighted by atomic mass is 16.5. The lowest BCUT2D eigenvalue weighted by molar-refractivity contribution is 0.404. The van der Waals surface area contributed by atoms with Gasteiger partial charge in [-0.2, -0.15) is 10.1 Å². The molecule has 80 valence electrons. The van der Waals surface area contributed by atoms with Gasteiger partial charge in [0.15, 0.2) is 5.82 Å². The maximum Gasteiger partial charge on any atom is 0.213 e. The molecule has 0 fully saturated rings. The first-order valence-electron chi connectivity index (χ1n) is 4.74. The van der Waals surface area contributed by atoms with Crippen LogP contribution < -0.4 is 5.32 Å². The Morgan fingerprint density at radius 3 is 3.07 bits per heavy atom. The molecule has 15 heavy (non-hydrogen) atoms. The van der Waals surface area contributed by atoms with E-state index in [2.05, 4.69) is 32.0 Å². The third-order valence-electron chi connectivity index (χ3n) is 2.28. The molecule has 1 atom stereocenters. The van der Waals surface area contributed by atoms with Crippen LogP contribution in [0, 0.1) is 0 Å². The molecule has 2 aromatic rings. The van der Waals surface area contributed by atoms with Crippen LogP contribution in [-0.2, 0) is 13.6 Å². The van der Waals surface area contributed by atoms with E-state index in [1.165, 1.54) is 6.39 Å². The highest BCUT2D eigenvalue weighted by Crippen LogP contribution is 2.10. The van der Waals surface area contributed by atoms with Crippen LogP contribution >= 0.6 is 0 Å². The molecular formula is C9H13N5O. The molecule has 6 heteroatoms. The summed E-state index contributed by atoms with van der Waals surface area (Å²) in [5, 5.41) is 11.1. The zero-order chi connectivity index (χ0) is 10.7. The summed E-state index contributed by atoms with van der Waals surface area (Å²) in [7, 11) is 1.92. The maximum atomic E-state index is 4.64. The van der Waals surface area contributed by atoms with Gasteiger partial charge in [0, 0.05) is 19.3 Å². The number of hydrogen-bond acceptors (Lipinski definition) is 5. The van der Waals surface area contributed by atoms with Gasteiger partial charge in [0.25, 0.3) is 0 Å². The SMILES string of the molecule is CC(NCc1ncon1)c1ccnn1C. The van der Waals surface area contributed by atoms with Gasteiger partial charge in [-0.25, -0.2) is 0 Å². The molecule has 0 saturated heterocycles. The normalized spacial score (nSPS) is 12.9. The summed E-state index contributed by atoms with van der Waals surface area (Å²) in [6, 6.07) is 2.18. The Kier molecular flexibility index (Phi) is 2.77. The van der Waals surface area contributed by atoms with Crippen molar-refractivity contribution in [1.82, 2.24) is 25.2 Å². The van der Waals surface area contributed by atoms with Gasteiger partial charge in [-0.3, -0.25) is 4.68 Å². The second-order valence-electron chi connectivity index (χ2n) is 3.33. The van der Waals surface area contributed by atoms with Crippen LogP contribution in [0.15, 0.2) is 23.2 Å². The largest absolute Gasteiger partial charge is 0.343 e. The van der Waals surface area contributed by atoms with Crippen LogP contribution in [0.2, 0.25) is 0 Å². The van der Waals surface area contributed by atoms with E-state index in [4.69, 9.17) is 0 Å². The lowest BCUT2D eigenvalue weighted by Crippen LogP contribution is -2.21. The molecule has 2 aromatic heterocycles. The summed E-state index contributed by atoms with van der Waals surface area (Å²) >= 11 is 0. The van der Waals surface area contributed by atoms with E-state index in [1.807, 2.05) is 17.8 Å². The van der Waals surface area contributed by atoms with Crippen LogP contribution in [-0.4, -0.2) is 19.9 Å². The van der Waals surface area contributed by atoms with Crippen molar-refractivity contribution in [1.29, 1.82) is 0 Å². The Morgan fingerprint density at radius 2 is 2.47 bits per heavy atom. The van der Waals surface area contributed by atoms with Crippen molar-refractivity contribution in [2.45, 2.75) is 19.5 Å². The number of hydrogen-bond donors (Lipinski definition) is 1. The number of aromatic nitrogens is 4. The molecule has 2 rings (SSSR count). The number of nitrogens with one attached hydrogen (secondary N) is 1. The molecule has 0 saturated carbocycles. The van der Waals surface area contributed by atoms with Gasteiger partial charge in [0.05, 0.1) is 12.2 Å². The summed E-state index contributed by atoms with van der Waals surface area (Å²) in [5.74, 6) is 0.656. The van der Waals surface area contributed by atoms with Crippen molar-refractivity contribution < 1.29 is 4.52 Å². The van der Waals surface area contributed by atoms with Gasteiger partial charge in [0.2, 0.25) is 6.39 Å². The van der Waals surface area contributed by atoms with E-state index in [9.17, 15) is 0 Å². The minimum absolute atomic E-state index is 0.205. The number of aryl methyl sites for hydroxylation is 1. The van der Waals surface area contributed by atoms with Crippen molar-refractivity contribution >= 4 is 0 Å². The summed E-state index contributed by atoms with van der Waals surface area (Å²) in [5.41, 5.74) is 1.12. The monoisotopic (exact) mass is 207 g/mol. The molecule has 0 bridgehead atoms. The molecule has 1 unspecified atom stereocenters. The zero-order valence-corrected chi connectivity index (χ0v) is 8.71. The zero-order valence-electron chi connectivity index (χ0n) is 8.71. The fourth-order valence-electron chi connectivity index (χ4n) is 1.43. The molecular weight excluding hydrogens is 194 g/mol. The fraction of sp³-hybridized carbons (Fsp3) is 0.444. The molecule has 0 aliphatic carbocycles. The minimum Gasteiger partial charge on any atom is -0.343 e. The molecule has 0 aliphatic rings. The van der Waals surface area contributed by atoms with Crippen molar-refractivity contribution in [3.63, 3.8) is 0 Å². The molecule has 2 heterocycles. The van der Waals surface area contributed by atoms with Crippen molar-refractivity contribution in [2.24, 2.45) is 7.05 Å². The number of nitrogens with zero attached hydrogens (tertiary/aromatic N) is 4. The predicted molar refractivity (Wildman–Crippen MR) is 52.8 cm³/mol. The standard InChI is InChI=1S/C9H13N5O/c1-7(8-3-4-12-14(8)2)10-5-9-11-6-15-13-9/h3-4,6-7,10H,5H2,1-2H3. The molecule has 1 N–H and O–H groups in total. The van der Waals surface area contributed by atoms with E-state index < -0.39 is 0 Å². The average molecular weight is 207 g/mol. The van der Waals surface area contributed by atoms with Gasteiger partial charge in [-0.1, -0.05) is 5.16 Å². The van der Waals surface area contributed by atoms with Gasteiger partial charge in [-0.05, 0) is 13.0 Å². The van der Waals surface area contributed by atoms with Crippen molar-refractivity contribution in [2.75, 3.05) is 0 Å². The number of rotatable bonds is 4. The molecule has 0 aromatic carbocycles. The Balaban J connectivity index is 1.93. The van der Waals surface area contributed by atoms with Crippen molar-refractivity contribution in [3.8, 4) is 0 Å². The van der Waals surface area contributed by atoms with Crippen LogP contribution in [0.5, 0.6) is 0 Å². The Morgan fingerprint density at radius 1 is 1.60 bits per heavy atom. The van der Waals surface area contributed by atoms with E-state index in [1.54, 1.807) is 6.20 Å². The van der Waals surface area contributed by atoms with Crippen LogP contribution in [0.1, 0.15) is 24.5 Å². The van der Waals surface area contributed by atoms with Crippen molar-refractivity contribution in [3.05, 3.63) is 30.2 Å². The molecule has 0 aliphatic heterocycles. The fourth-order valence-corrected chi connectivity index (χ4v) is 1.43. The lowest BCUT2D eigenvalue weighted by atomic mass is 10.2. The summed E-state index contributed by atoms with van der Waals surface area (Å²) in [4.78, 5) is 3.93. The highest BCUT2D eigenvalue weighted by molar-refractivity contribution is 5.05. The van der Waals surface area contributed by atoms with Gasteiger partial charge in [0.1, 0.15) is 0 Å². The first kappa shape index (κ1) is 9.85. The molecule has 0 spiro atoms. The van der Waals surface area contributed by atoms with E-state index in [0.717, 1.165) is 5.69 Å². The van der Waals surface area contributed by atoms with E-state index in [-0.39, 0.29) is 6.04 Å². The van der Waals surface area contributed by atoms with Gasteiger partial charge >= 0.3 is 0 Å². The maximum absolute atomic E-state index is 4.64. The first-order chi connectivity index (χ1) is 7.27. The summed E-state index contributed by atoms with van der Waals surface area (Å²) < 4.78 is 6.48. The second-order valence-corrected chi connectivity index (χ2v) is 3.33. The lowest BCUT2D eigenvalue weighted by Gasteiger charge is -2.12. The average Bonchev–Trinajstić information content (AvgIpc) is 2.84. The predicted octanol–water partition coefficient (Wildman–Crippen LogP) is 0.654. The Labute approximate surface area is 87.3 Å². The summed E-state index contributed by atoms with van der Waals surface area (Å²) in [6.07, 6.45) is 3.10. The Hall–Kier alpha value is -1.69. The third kappa shape index (κ3) is 2.21. The second kappa shape index (κ2) is 4.22. The van der Waals surface area contributed by atoms with Crippen LogP contribution in [0.4, 0.5) is 0 Å². The molecule has 0 amide bonds. The molecule has 0 radical (unpaired) electrons. The summed E-state index contributed by atoms with van der Waals surface area (Å²) in [6.45, 7) is 2.65. The molecule has 6 nitrogen and oxygen atoms in total. The Bertz CT molecular complexity index is 408. The smallest absolute Gasteiger partial charge is 0.213 e. The van der Waals surface area contributed by atoms with Crippen LogP contribution in [0.3, 0.4) is 0 Å². The van der Waals surface area contributed by atoms with Gasteiger partial charge < -0.3 is 9.84 Å². The van der Waals surface area contributed by atoms with E-state index in [0.29, 0.717) is 12.4 Å². The quantitative estimate of drug-likeness (QED) is 0.797. The first-order valence-corrected chi connectivity index (χ1v) is 4.74. The highest BCUT2D eigenvalue weighted by Gasteiger charge is 2.09. The van der Waals surface area contributed by atoms with Crippen LogP contribution in [0.25, 0.3) is 0 Å². The topological polar surface area (TPSA) is 68.8 Å². The van der Waals surface area contributed by atoms with E-state index >= 15 is 0 Å². The van der Waals surface area contributed by atoms with Gasteiger partial charge in [-0.15, -0.1) is 0 Å². The third-order valence-corrected chi connectivity index (χ3v) is 2.28.